The Balaban J connectivity index is 2.35. The van der Waals surface area contributed by atoms with E-state index in [0.29, 0.717) is 22.9 Å². The van der Waals surface area contributed by atoms with Gasteiger partial charge < -0.3 is 9.84 Å². The van der Waals surface area contributed by atoms with E-state index in [-0.39, 0.29) is 12.6 Å². The number of aromatic nitrogens is 2. The summed E-state index contributed by atoms with van der Waals surface area (Å²) >= 11 is 6.25. The van der Waals surface area contributed by atoms with Gasteiger partial charge in [0.15, 0.2) is 0 Å². The van der Waals surface area contributed by atoms with Gasteiger partial charge in [0, 0.05) is 16.8 Å². The molecule has 4 nitrogen and oxygen atoms in total. The van der Waals surface area contributed by atoms with Gasteiger partial charge in [-0.2, -0.15) is 4.98 Å². The van der Waals surface area contributed by atoms with E-state index in [9.17, 15) is 0 Å². The maximum atomic E-state index is 9.14. The number of aliphatic hydroxyl groups is 1. The first-order valence-electron chi connectivity index (χ1n) is 6.83. The number of hydrogen-bond acceptors (Lipinski definition) is 4. The predicted molar refractivity (Wildman–Crippen MR) is 83.0 cm³/mol. The fourth-order valence-corrected chi connectivity index (χ4v) is 2.43. The molecule has 0 bridgehead atoms. The molecular weight excluding hydrogens is 288 g/mol. The van der Waals surface area contributed by atoms with Crippen LogP contribution in [0.25, 0.3) is 0 Å². The molecule has 0 fully saturated rings. The van der Waals surface area contributed by atoms with Crippen LogP contribution in [-0.2, 0) is 6.61 Å². The maximum absolute atomic E-state index is 9.14. The van der Waals surface area contributed by atoms with Crippen LogP contribution < -0.4 is 4.74 Å². The highest BCUT2D eigenvalue weighted by Crippen LogP contribution is 2.33. The van der Waals surface area contributed by atoms with Crippen molar-refractivity contribution in [2.75, 3.05) is 0 Å². The molecule has 0 spiro atoms. The van der Waals surface area contributed by atoms with Crippen LogP contribution in [0.4, 0.5) is 0 Å². The molecule has 112 valence electrons. The molecule has 0 aliphatic carbocycles. The molecule has 0 aliphatic heterocycles. The third kappa shape index (κ3) is 3.52. The van der Waals surface area contributed by atoms with Crippen molar-refractivity contribution >= 4 is 11.6 Å². The minimum absolute atomic E-state index is 0.0798. The molecule has 5 heteroatoms. The zero-order valence-electron chi connectivity index (χ0n) is 12.6. The van der Waals surface area contributed by atoms with Gasteiger partial charge >= 0.3 is 6.01 Å². The number of ether oxygens (including phenoxy) is 1. The second-order valence-electron chi connectivity index (χ2n) is 5.32. The highest BCUT2D eigenvalue weighted by molar-refractivity contribution is 6.31. The molecule has 1 aromatic heterocycles. The van der Waals surface area contributed by atoms with E-state index in [1.807, 2.05) is 26.0 Å². The van der Waals surface area contributed by atoms with Gasteiger partial charge in [0.2, 0.25) is 0 Å². The van der Waals surface area contributed by atoms with E-state index >= 15 is 0 Å². The lowest BCUT2D eigenvalue weighted by atomic mass is 10.0. The first-order valence-corrected chi connectivity index (χ1v) is 7.21. The van der Waals surface area contributed by atoms with E-state index < -0.39 is 0 Å². The molecule has 0 aliphatic rings. The van der Waals surface area contributed by atoms with Gasteiger partial charge in [-0.05, 0) is 43.0 Å². The van der Waals surface area contributed by atoms with Crippen LogP contribution in [0, 0.1) is 13.8 Å². The SMILES string of the molecule is Cc1cc(Cl)c(C(C)C)cc1Oc1ncc(CO)c(C)n1. The first kappa shape index (κ1) is 15.7. The molecule has 0 atom stereocenters. The molecule has 1 N–H and O–H groups in total. The smallest absolute Gasteiger partial charge is 0.322 e. The summed E-state index contributed by atoms with van der Waals surface area (Å²) in [6.07, 6.45) is 1.58. The van der Waals surface area contributed by atoms with Crippen molar-refractivity contribution in [3.8, 4) is 11.8 Å². The van der Waals surface area contributed by atoms with E-state index in [2.05, 4.69) is 23.8 Å². The van der Waals surface area contributed by atoms with Crippen molar-refractivity contribution in [3.63, 3.8) is 0 Å². The Morgan fingerprint density at radius 2 is 2.00 bits per heavy atom. The number of halogens is 1. The van der Waals surface area contributed by atoms with Gasteiger partial charge in [-0.3, -0.25) is 0 Å². The molecule has 21 heavy (non-hydrogen) atoms. The van der Waals surface area contributed by atoms with Crippen molar-refractivity contribution in [1.82, 2.24) is 9.97 Å². The normalized spacial score (nSPS) is 11.0. The second kappa shape index (κ2) is 6.41. The van der Waals surface area contributed by atoms with Crippen molar-refractivity contribution in [3.05, 3.63) is 45.7 Å². The third-order valence-electron chi connectivity index (χ3n) is 3.35. The molecule has 0 unspecified atom stereocenters. The zero-order chi connectivity index (χ0) is 15.6. The van der Waals surface area contributed by atoms with Gasteiger partial charge in [-0.1, -0.05) is 25.4 Å². The Morgan fingerprint density at radius 1 is 1.29 bits per heavy atom. The van der Waals surface area contributed by atoms with Gasteiger partial charge in [0.1, 0.15) is 5.75 Å². The number of aliphatic hydroxyl groups excluding tert-OH is 1. The number of nitrogens with zero attached hydrogens (tertiary/aromatic N) is 2. The Labute approximate surface area is 129 Å². The monoisotopic (exact) mass is 306 g/mol. The van der Waals surface area contributed by atoms with Crippen LogP contribution in [-0.4, -0.2) is 15.1 Å². The molecular formula is C16H19ClN2O2. The van der Waals surface area contributed by atoms with Crippen LogP contribution in [0.3, 0.4) is 0 Å². The van der Waals surface area contributed by atoms with Gasteiger partial charge in [0.25, 0.3) is 0 Å². The summed E-state index contributed by atoms with van der Waals surface area (Å²) < 4.78 is 5.77. The number of rotatable bonds is 4. The van der Waals surface area contributed by atoms with Crippen LogP contribution in [0.5, 0.6) is 11.8 Å². The van der Waals surface area contributed by atoms with Gasteiger partial charge in [-0.15, -0.1) is 0 Å². The number of hydrogen-bond donors (Lipinski definition) is 1. The van der Waals surface area contributed by atoms with Crippen LogP contribution >= 0.6 is 11.6 Å². The van der Waals surface area contributed by atoms with E-state index in [1.165, 1.54) is 0 Å². The summed E-state index contributed by atoms with van der Waals surface area (Å²) in [6.45, 7) is 7.83. The predicted octanol–water partition coefficient (Wildman–Crippen LogP) is 4.15. The molecule has 0 saturated heterocycles. The van der Waals surface area contributed by atoms with Crippen molar-refractivity contribution in [1.29, 1.82) is 0 Å². The summed E-state index contributed by atoms with van der Waals surface area (Å²) in [5, 5.41) is 9.87. The minimum atomic E-state index is -0.0798. The van der Waals surface area contributed by atoms with Crippen LogP contribution in [0.15, 0.2) is 18.3 Å². The molecule has 0 amide bonds. The standard InChI is InChI=1S/C16H19ClN2O2/c1-9(2)13-6-15(10(3)5-14(13)17)21-16-18-7-12(8-20)11(4)19-16/h5-7,9,20H,8H2,1-4H3. The van der Waals surface area contributed by atoms with E-state index in [4.69, 9.17) is 21.4 Å². The Morgan fingerprint density at radius 3 is 2.57 bits per heavy atom. The summed E-state index contributed by atoms with van der Waals surface area (Å²) in [7, 11) is 0. The largest absolute Gasteiger partial charge is 0.424 e. The molecule has 0 saturated carbocycles. The summed E-state index contributed by atoms with van der Waals surface area (Å²) in [5.41, 5.74) is 3.36. The summed E-state index contributed by atoms with van der Waals surface area (Å²) in [5.74, 6) is 0.999. The zero-order valence-corrected chi connectivity index (χ0v) is 13.4. The van der Waals surface area contributed by atoms with E-state index in [0.717, 1.165) is 16.1 Å². The number of aryl methyl sites for hydroxylation is 2. The molecule has 0 radical (unpaired) electrons. The molecule has 2 rings (SSSR count). The van der Waals surface area contributed by atoms with E-state index in [1.54, 1.807) is 6.20 Å². The topological polar surface area (TPSA) is 55.2 Å². The average molecular weight is 307 g/mol. The fraction of sp³-hybridized carbons (Fsp3) is 0.375. The first-order chi connectivity index (χ1) is 9.92. The van der Waals surface area contributed by atoms with Crippen molar-refractivity contribution in [2.45, 2.75) is 40.2 Å². The summed E-state index contributed by atoms with van der Waals surface area (Å²) in [6, 6.07) is 4.09. The molecule has 1 heterocycles. The fourth-order valence-electron chi connectivity index (χ4n) is 1.99. The molecule has 1 aromatic carbocycles. The highest BCUT2D eigenvalue weighted by Gasteiger charge is 2.12. The summed E-state index contributed by atoms with van der Waals surface area (Å²) in [4.78, 5) is 8.37. The average Bonchev–Trinajstić information content (AvgIpc) is 2.41. The van der Waals surface area contributed by atoms with Crippen LogP contribution in [0.1, 0.15) is 42.1 Å². The Kier molecular flexibility index (Phi) is 4.80. The van der Waals surface area contributed by atoms with Gasteiger partial charge in [-0.25, -0.2) is 4.98 Å². The quantitative estimate of drug-likeness (QED) is 0.921. The minimum Gasteiger partial charge on any atom is -0.424 e. The molecule has 2 aromatic rings. The number of benzene rings is 1. The lowest BCUT2D eigenvalue weighted by Gasteiger charge is -2.14. The maximum Gasteiger partial charge on any atom is 0.322 e. The Hall–Kier alpha value is -1.65. The lowest BCUT2D eigenvalue weighted by Crippen LogP contribution is -2.00. The van der Waals surface area contributed by atoms with Gasteiger partial charge in [0.05, 0.1) is 12.3 Å². The van der Waals surface area contributed by atoms with Crippen molar-refractivity contribution in [2.24, 2.45) is 0 Å². The highest BCUT2D eigenvalue weighted by atomic mass is 35.5. The Bertz CT molecular complexity index is 657. The van der Waals surface area contributed by atoms with Crippen molar-refractivity contribution < 1.29 is 9.84 Å². The van der Waals surface area contributed by atoms with Crippen LogP contribution in [0.2, 0.25) is 5.02 Å². The lowest BCUT2D eigenvalue weighted by molar-refractivity contribution is 0.279. The second-order valence-corrected chi connectivity index (χ2v) is 5.72. The third-order valence-corrected chi connectivity index (χ3v) is 3.67.